The second-order valence-corrected chi connectivity index (χ2v) is 5.61. The van der Waals surface area contributed by atoms with E-state index in [1.54, 1.807) is 18.0 Å². The summed E-state index contributed by atoms with van der Waals surface area (Å²) >= 11 is 1.74. The molecule has 0 aliphatic heterocycles. The molecule has 0 amide bonds. The van der Waals surface area contributed by atoms with Crippen LogP contribution in [0.25, 0.3) is 10.8 Å². The number of hydrogen-bond donors (Lipinski definition) is 1. The summed E-state index contributed by atoms with van der Waals surface area (Å²) in [6, 6.07) is 14.5. The van der Waals surface area contributed by atoms with Crippen LogP contribution in [0.4, 0.5) is 5.69 Å². The third-order valence-corrected chi connectivity index (χ3v) is 4.09. The number of nitrogens with two attached hydrogens (primary N) is 1. The number of nitrogen functional groups attached to an aromatic ring is 1. The molecule has 3 heteroatoms. The van der Waals surface area contributed by atoms with Crippen LogP contribution in [-0.2, 0) is 0 Å². The summed E-state index contributed by atoms with van der Waals surface area (Å²) in [5.41, 5.74) is 8.07. The van der Waals surface area contributed by atoms with E-state index in [0.717, 1.165) is 16.5 Å². The Morgan fingerprint density at radius 1 is 1.05 bits per heavy atom. The fraction of sp³-hybridized carbons (Fsp3) is 0.0625. The molecule has 0 aliphatic carbocycles. The largest absolute Gasteiger partial charge is 0.398 e. The van der Waals surface area contributed by atoms with Gasteiger partial charge in [0.05, 0.1) is 0 Å². The summed E-state index contributed by atoms with van der Waals surface area (Å²) in [7, 11) is 0. The van der Waals surface area contributed by atoms with Crippen molar-refractivity contribution in [3.8, 4) is 0 Å². The van der Waals surface area contributed by atoms with Crippen LogP contribution in [0.5, 0.6) is 0 Å². The van der Waals surface area contributed by atoms with Crippen LogP contribution in [0.15, 0.2) is 64.6 Å². The summed E-state index contributed by atoms with van der Waals surface area (Å²) in [5, 5.41) is 2.17. The van der Waals surface area contributed by atoms with Crippen molar-refractivity contribution in [2.45, 2.75) is 16.7 Å². The molecule has 19 heavy (non-hydrogen) atoms. The van der Waals surface area contributed by atoms with E-state index in [1.807, 2.05) is 18.3 Å². The molecule has 2 nitrogen and oxygen atoms in total. The molecule has 0 aliphatic rings. The highest BCUT2D eigenvalue weighted by Gasteiger charge is 2.05. The van der Waals surface area contributed by atoms with Gasteiger partial charge in [0.1, 0.15) is 0 Å². The Bertz CT molecular complexity index is 738. The highest BCUT2D eigenvalue weighted by Crippen LogP contribution is 2.35. The van der Waals surface area contributed by atoms with E-state index in [-0.39, 0.29) is 0 Å². The van der Waals surface area contributed by atoms with Crippen LogP contribution >= 0.6 is 11.8 Å². The average Bonchev–Trinajstić information content (AvgIpc) is 2.42. The highest BCUT2D eigenvalue weighted by molar-refractivity contribution is 7.99. The Balaban J connectivity index is 2.09. The molecular weight excluding hydrogens is 252 g/mol. The fourth-order valence-electron chi connectivity index (χ4n) is 2.08. The zero-order chi connectivity index (χ0) is 13.2. The monoisotopic (exact) mass is 266 g/mol. The lowest BCUT2D eigenvalue weighted by Crippen LogP contribution is -1.89. The van der Waals surface area contributed by atoms with Gasteiger partial charge in [-0.05, 0) is 37.3 Å². The molecule has 2 aromatic carbocycles. The van der Waals surface area contributed by atoms with Gasteiger partial charge in [-0.1, -0.05) is 29.5 Å². The molecule has 2 N–H and O–H groups in total. The Kier molecular flexibility index (Phi) is 3.13. The minimum absolute atomic E-state index is 0.797. The second kappa shape index (κ2) is 4.94. The Hall–Kier alpha value is -2.00. The van der Waals surface area contributed by atoms with Crippen LogP contribution < -0.4 is 5.73 Å². The topological polar surface area (TPSA) is 38.9 Å². The maximum absolute atomic E-state index is 6.01. The zero-order valence-corrected chi connectivity index (χ0v) is 11.4. The quantitative estimate of drug-likeness (QED) is 0.704. The van der Waals surface area contributed by atoms with E-state index < -0.39 is 0 Å². The molecular formula is C16H14N2S. The van der Waals surface area contributed by atoms with Crippen molar-refractivity contribution in [3.05, 3.63) is 60.4 Å². The van der Waals surface area contributed by atoms with Crippen molar-refractivity contribution < 1.29 is 0 Å². The number of fused-ring (bicyclic) bond motifs is 1. The van der Waals surface area contributed by atoms with E-state index in [0.29, 0.717) is 0 Å². The molecule has 0 saturated carbocycles. The van der Waals surface area contributed by atoms with Gasteiger partial charge >= 0.3 is 0 Å². The zero-order valence-electron chi connectivity index (χ0n) is 10.6. The summed E-state index contributed by atoms with van der Waals surface area (Å²) in [5.74, 6) is 0. The molecule has 0 saturated heterocycles. The third kappa shape index (κ3) is 2.42. The van der Waals surface area contributed by atoms with Crippen LogP contribution in [0.3, 0.4) is 0 Å². The molecule has 0 fully saturated rings. The molecule has 0 radical (unpaired) electrons. The molecule has 0 bridgehead atoms. The molecule has 1 aromatic heterocycles. The number of nitrogens with zero attached hydrogens (tertiary/aromatic N) is 1. The summed E-state index contributed by atoms with van der Waals surface area (Å²) < 4.78 is 0. The number of anilines is 1. The Labute approximate surface area is 116 Å². The number of benzene rings is 2. The first-order valence-electron chi connectivity index (χ1n) is 6.11. The molecule has 0 atom stereocenters. The van der Waals surface area contributed by atoms with Gasteiger partial charge in [0.15, 0.2) is 0 Å². The minimum atomic E-state index is 0.797. The van der Waals surface area contributed by atoms with Crippen molar-refractivity contribution in [1.29, 1.82) is 0 Å². The molecule has 3 rings (SSSR count). The Morgan fingerprint density at radius 2 is 1.95 bits per heavy atom. The number of pyridine rings is 1. The fourth-order valence-corrected chi connectivity index (χ4v) is 3.14. The standard InChI is InChI=1S/C16H14N2S/c1-11-3-2-4-12(9-11)19-16-6-5-15(17)13-7-8-18-10-14(13)16/h2-10H,17H2,1H3. The van der Waals surface area contributed by atoms with E-state index in [4.69, 9.17) is 5.73 Å². The van der Waals surface area contributed by atoms with Gasteiger partial charge in [-0.3, -0.25) is 4.98 Å². The lowest BCUT2D eigenvalue weighted by atomic mass is 10.1. The maximum atomic E-state index is 6.01. The minimum Gasteiger partial charge on any atom is -0.398 e. The molecule has 0 unspecified atom stereocenters. The van der Waals surface area contributed by atoms with E-state index >= 15 is 0 Å². The highest BCUT2D eigenvalue weighted by atomic mass is 32.2. The lowest BCUT2D eigenvalue weighted by Gasteiger charge is -2.08. The van der Waals surface area contributed by atoms with Gasteiger partial charge in [-0.25, -0.2) is 0 Å². The predicted octanol–water partition coefficient (Wildman–Crippen LogP) is 4.28. The first-order valence-corrected chi connectivity index (χ1v) is 6.92. The average molecular weight is 266 g/mol. The van der Waals surface area contributed by atoms with Gasteiger partial charge in [-0.15, -0.1) is 0 Å². The van der Waals surface area contributed by atoms with E-state index in [9.17, 15) is 0 Å². The molecule has 1 heterocycles. The molecule has 0 spiro atoms. The van der Waals surface area contributed by atoms with Crippen molar-refractivity contribution >= 4 is 28.2 Å². The number of rotatable bonds is 2. The van der Waals surface area contributed by atoms with Crippen molar-refractivity contribution in [2.24, 2.45) is 0 Å². The molecule has 94 valence electrons. The predicted molar refractivity (Wildman–Crippen MR) is 81.5 cm³/mol. The van der Waals surface area contributed by atoms with Gasteiger partial charge in [0.25, 0.3) is 0 Å². The van der Waals surface area contributed by atoms with E-state index in [2.05, 4.69) is 42.2 Å². The van der Waals surface area contributed by atoms with Crippen molar-refractivity contribution in [1.82, 2.24) is 4.98 Å². The van der Waals surface area contributed by atoms with Crippen molar-refractivity contribution in [2.75, 3.05) is 5.73 Å². The number of aromatic nitrogens is 1. The van der Waals surface area contributed by atoms with Gasteiger partial charge < -0.3 is 5.73 Å². The maximum Gasteiger partial charge on any atom is 0.0395 e. The smallest absolute Gasteiger partial charge is 0.0395 e. The summed E-state index contributed by atoms with van der Waals surface area (Å²) in [6.45, 7) is 2.10. The lowest BCUT2D eigenvalue weighted by molar-refractivity contribution is 1.33. The second-order valence-electron chi connectivity index (χ2n) is 4.49. The van der Waals surface area contributed by atoms with Crippen LogP contribution in [0.2, 0.25) is 0 Å². The Morgan fingerprint density at radius 3 is 2.79 bits per heavy atom. The number of hydrogen-bond acceptors (Lipinski definition) is 3. The van der Waals surface area contributed by atoms with Crippen LogP contribution in [-0.4, -0.2) is 4.98 Å². The first kappa shape index (κ1) is 12.1. The SMILES string of the molecule is Cc1cccc(Sc2ccc(N)c3ccncc23)c1. The van der Waals surface area contributed by atoms with Gasteiger partial charge in [-0.2, -0.15) is 0 Å². The van der Waals surface area contributed by atoms with Gasteiger partial charge in [0.2, 0.25) is 0 Å². The van der Waals surface area contributed by atoms with Crippen molar-refractivity contribution in [3.63, 3.8) is 0 Å². The van der Waals surface area contributed by atoms with Crippen LogP contribution in [0.1, 0.15) is 5.56 Å². The normalized spacial score (nSPS) is 10.8. The van der Waals surface area contributed by atoms with E-state index in [1.165, 1.54) is 15.4 Å². The summed E-state index contributed by atoms with van der Waals surface area (Å²) in [6.07, 6.45) is 3.66. The third-order valence-electron chi connectivity index (χ3n) is 3.03. The van der Waals surface area contributed by atoms with Crippen LogP contribution in [0, 0.1) is 6.92 Å². The van der Waals surface area contributed by atoms with Gasteiger partial charge in [0, 0.05) is 38.6 Å². The first-order chi connectivity index (χ1) is 9.24. The molecule has 3 aromatic rings. The number of aryl methyl sites for hydroxylation is 1. The summed E-state index contributed by atoms with van der Waals surface area (Å²) in [4.78, 5) is 6.62.